The van der Waals surface area contributed by atoms with Gasteiger partial charge in [-0.2, -0.15) is 0 Å². The maximum Gasteiger partial charge on any atom is 0.244 e. The third-order valence-electron chi connectivity index (χ3n) is 3.51. The standard InChI is InChI=1S/C14H20N2O.ClH/c1-11-7-5-6-10-16(11)14(17)13(15)12-8-3-2-4-9-12;/h2-4,8-9,11,13H,5-7,10,15H2,1H3;1H. The van der Waals surface area contributed by atoms with Gasteiger partial charge in [0.1, 0.15) is 6.04 Å². The van der Waals surface area contributed by atoms with Gasteiger partial charge in [0.25, 0.3) is 0 Å². The Morgan fingerprint density at radius 2 is 2.00 bits per heavy atom. The number of benzene rings is 1. The van der Waals surface area contributed by atoms with Gasteiger partial charge in [0, 0.05) is 12.6 Å². The molecule has 0 bridgehead atoms. The largest absolute Gasteiger partial charge is 0.338 e. The summed E-state index contributed by atoms with van der Waals surface area (Å²) >= 11 is 0. The van der Waals surface area contributed by atoms with Crippen LogP contribution in [0.2, 0.25) is 0 Å². The van der Waals surface area contributed by atoms with E-state index in [2.05, 4.69) is 6.92 Å². The fourth-order valence-corrected chi connectivity index (χ4v) is 2.41. The van der Waals surface area contributed by atoms with Crippen molar-refractivity contribution in [3.8, 4) is 0 Å². The zero-order chi connectivity index (χ0) is 12.3. The summed E-state index contributed by atoms with van der Waals surface area (Å²) in [5.41, 5.74) is 6.94. The van der Waals surface area contributed by atoms with Crippen LogP contribution >= 0.6 is 12.4 Å². The molecule has 2 rings (SSSR count). The van der Waals surface area contributed by atoms with E-state index in [4.69, 9.17) is 5.73 Å². The fraction of sp³-hybridized carbons (Fsp3) is 0.500. The van der Waals surface area contributed by atoms with E-state index >= 15 is 0 Å². The predicted octanol–water partition coefficient (Wildman–Crippen LogP) is 2.51. The minimum Gasteiger partial charge on any atom is -0.338 e. The van der Waals surface area contributed by atoms with Gasteiger partial charge in [0.05, 0.1) is 0 Å². The summed E-state index contributed by atoms with van der Waals surface area (Å²) in [5, 5.41) is 0. The number of likely N-dealkylation sites (tertiary alicyclic amines) is 1. The summed E-state index contributed by atoms with van der Waals surface area (Å²) in [7, 11) is 0. The van der Waals surface area contributed by atoms with Crippen molar-refractivity contribution in [2.75, 3.05) is 6.54 Å². The number of nitrogens with zero attached hydrogens (tertiary/aromatic N) is 1. The first kappa shape index (κ1) is 15.0. The number of amides is 1. The molecule has 0 aliphatic carbocycles. The molecule has 1 aliphatic rings. The highest BCUT2D eigenvalue weighted by Crippen LogP contribution is 2.21. The van der Waals surface area contributed by atoms with Crippen molar-refractivity contribution < 1.29 is 4.79 Å². The average Bonchev–Trinajstić information content (AvgIpc) is 2.39. The molecular formula is C14H21ClN2O. The van der Waals surface area contributed by atoms with Crippen molar-refractivity contribution in [3.05, 3.63) is 35.9 Å². The van der Waals surface area contributed by atoms with Crippen LogP contribution in [0.1, 0.15) is 37.8 Å². The number of piperidine rings is 1. The van der Waals surface area contributed by atoms with E-state index in [9.17, 15) is 4.79 Å². The topological polar surface area (TPSA) is 46.3 Å². The van der Waals surface area contributed by atoms with Crippen LogP contribution in [-0.4, -0.2) is 23.4 Å². The molecule has 1 amide bonds. The molecule has 1 aromatic rings. The predicted molar refractivity (Wildman–Crippen MR) is 75.6 cm³/mol. The van der Waals surface area contributed by atoms with Gasteiger partial charge >= 0.3 is 0 Å². The van der Waals surface area contributed by atoms with Crippen LogP contribution in [0.3, 0.4) is 0 Å². The Bertz CT molecular complexity index is 383. The Balaban J connectivity index is 0.00000162. The highest BCUT2D eigenvalue weighted by atomic mass is 35.5. The van der Waals surface area contributed by atoms with Crippen LogP contribution in [0.5, 0.6) is 0 Å². The summed E-state index contributed by atoms with van der Waals surface area (Å²) in [6.07, 6.45) is 3.40. The monoisotopic (exact) mass is 268 g/mol. The second kappa shape index (κ2) is 6.76. The Hall–Kier alpha value is -1.06. The Labute approximate surface area is 115 Å². The van der Waals surface area contributed by atoms with Gasteiger partial charge in [0.2, 0.25) is 5.91 Å². The first-order valence-corrected chi connectivity index (χ1v) is 6.31. The normalized spacial score (nSPS) is 21.0. The Morgan fingerprint density at radius 3 is 2.61 bits per heavy atom. The average molecular weight is 269 g/mol. The van der Waals surface area contributed by atoms with Gasteiger partial charge in [-0.25, -0.2) is 0 Å². The molecule has 1 aromatic carbocycles. The SMILES string of the molecule is CC1CCCCN1C(=O)C(N)c1ccccc1.Cl. The van der Waals surface area contributed by atoms with E-state index in [0.717, 1.165) is 24.9 Å². The maximum atomic E-state index is 12.3. The summed E-state index contributed by atoms with van der Waals surface area (Å²) in [6, 6.07) is 9.41. The van der Waals surface area contributed by atoms with Crippen molar-refractivity contribution in [2.45, 2.75) is 38.3 Å². The Morgan fingerprint density at radius 1 is 1.33 bits per heavy atom. The van der Waals surface area contributed by atoms with E-state index in [1.807, 2.05) is 35.2 Å². The van der Waals surface area contributed by atoms with Gasteiger partial charge in [-0.1, -0.05) is 30.3 Å². The molecule has 18 heavy (non-hydrogen) atoms. The molecule has 2 atom stereocenters. The molecule has 2 unspecified atom stereocenters. The lowest BCUT2D eigenvalue weighted by Crippen LogP contribution is -2.46. The van der Waals surface area contributed by atoms with Crippen molar-refractivity contribution in [1.82, 2.24) is 4.90 Å². The van der Waals surface area contributed by atoms with Crippen molar-refractivity contribution >= 4 is 18.3 Å². The minimum absolute atomic E-state index is 0. The molecule has 2 N–H and O–H groups in total. The lowest BCUT2D eigenvalue weighted by Gasteiger charge is -2.35. The zero-order valence-corrected chi connectivity index (χ0v) is 11.5. The maximum absolute atomic E-state index is 12.3. The molecule has 1 aliphatic heterocycles. The quantitative estimate of drug-likeness (QED) is 0.896. The number of carbonyl (C=O) groups is 1. The lowest BCUT2D eigenvalue weighted by molar-refractivity contribution is -0.136. The van der Waals surface area contributed by atoms with Gasteiger partial charge < -0.3 is 10.6 Å². The summed E-state index contributed by atoms with van der Waals surface area (Å²) in [5.74, 6) is 0.0587. The van der Waals surface area contributed by atoms with Crippen LogP contribution in [0, 0.1) is 0 Å². The third-order valence-corrected chi connectivity index (χ3v) is 3.51. The number of hydrogen-bond donors (Lipinski definition) is 1. The van der Waals surface area contributed by atoms with Gasteiger partial charge in [-0.05, 0) is 31.7 Å². The van der Waals surface area contributed by atoms with Crippen molar-refractivity contribution in [2.24, 2.45) is 5.73 Å². The van der Waals surface area contributed by atoms with Crippen LogP contribution in [0.25, 0.3) is 0 Å². The molecule has 100 valence electrons. The summed E-state index contributed by atoms with van der Waals surface area (Å²) in [4.78, 5) is 14.2. The van der Waals surface area contributed by atoms with Gasteiger partial charge in [0.15, 0.2) is 0 Å². The smallest absolute Gasteiger partial charge is 0.244 e. The number of carbonyl (C=O) groups excluding carboxylic acids is 1. The second-order valence-electron chi connectivity index (χ2n) is 4.76. The zero-order valence-electron chi connectivity index (χ0n) is 10.7. The van der Waals surface area contributed by atoms with Crippen LogP contribution in [-0.2, 0) is 4.79 Å². The molecule has 0 aromatic heterocycles. The number of nitrogens with two attached hydrogens (primary N) is 1. The molecule has 0 spiro atoms. The van der Waals surface area contributed by atoms with E-state index in [0.29, 0.717) is 6.04 Å². The van der Waals surface area contributed by atoms with Crippen molar-refractivity contribution in [3.63, 3.8) is 0 Å². The molecule has 0 radical (unpaired) electrons. The lowest BCUT2D eigenvalue weighted by atomic mass is 10.0. The summed E-state index contributed by atoms with van der Waals surface area (Å²) < 4.78 is 0. The molecule has 0 saturated carbocycles. The molecule has 1 fully saturated rings. The van der Waals surface area contributed by atoms with E-state index in [-0.39, 0.29) is 18.3 Å². The van der Waals surface area contributed by atoms with E-state index in [1.54, 1.807) is 0 Å². The van der Waals surface area contributed by atoms with Crippen molar-refractivity contribution in [1.29, 1.82) is 0 Å². The molecular weight excluding hydrogens is 248 g/mol. The van der Waals surface area contributed by atoms with Crippen LogP contribution < -0.4 is 5.73 Å². The fourth-order valence-electron chi connectivity index (χ4n) is 2.41. The Kier molecular flexibility index (Phi) is 5.63. The molecule has 1 saturated heterocycles. The van der Waals surface area contributed by atoms with Gasteiger partial charge in [-0.15, -0.1) is 12.4 Å². The second-order valence-corrected chi connectivity index (χ2v) is 4.76. The van der Waals surface area contributed by atoms with Crippen LogP contribution in [0.15, 0.2) is 30.3 Å². The first-order chi connectivity index (χ1) is 8.20. The third kappa shape index (κ3) is 3.24. The summed E-state index contributed by atoms with van der Waals surface area (Å²) in [6.45, 7) is 2.95. The van der Waals surface area contributed by atoms with Crippen LogP contribution in [0.4, 0.5) is 0 Å². The molecule has 4 heteroatoms. The number of rotatable bonds is 2. The number of hydrogen-bond acceptors (Lipinski definition) is 2. The molecule has 3 nitrogen and oxygen atoms in total. The number of halogens is 1. The first-order valence-electron chi connectivity index (χ1n) is 6.31. The molecule has 1 heterocycles. The highest BCUT2D eigenvalue weighted by Gasteiger charge is 2.27. The van der Waals surface area contributed by atoms with Gasteiger partial charge in [-0.3, -0.25) is 4.79 Å². The minimum atomic E-state index is -0.517. The van der Waals surface area contributed by atoms with E-state index in [1.165, 1.54) is 6.42 Å². The highest BCUT2D eigenvalue weighted by molar-refractivity contribution is 5.85. The van der Waals surface area contributed by atoms with E-state index < -0.39 is 6.04 Å².